The number of anilines is 1. The number of nitrogens with two attached hydrogens (primary N) is 1. The molecule has 1 aromatic carbocycles. The molecule has 0 saturated heterocycles. The van der Waals surface area contributed by atoms with E-state index < -0.39 is 4.92 Å². The van der Waals surface area contributed by atoms with Gasteiger partial charge in [0.15, 0.2) is 0 Å². The quantitative estimate of drug-likeness (QED) is 0.452. The zero-order valence-corrected chi connectivity index (χ0v) is 7.56. The third-order valence-electron chi connectivity index (χ3n) is 1.92. The Morgan fingerprint density at radius 3 is 2.43 bits per heavy atom. The Labute approximate surface area is 81.5 Å². The minimum absolute atomic E-state index is 0.106. The number of hydrogen-bond acceptors (Lipinski definition) is 3. The van der Waals surface area contributed by atoms with Gasteiger partial charge in [0.05, 0.1) is 4.92 Å². The molecule has 1 aromatic rings. The van der Waals surface area contributed by atoms with E-state index in [1.807, 2.05) is 0 Å². The first-order valence-electron chi connectivity index (χ1n) is 3.93. The molecule has 0 bridgehead atoms. The van der Waals surface area contributed by atoms with E-state index in [-0.39, 0.29) is 11.4 Å². The van der Waals surface area contributed by atoms with Gasteiger partial charge in [-0.25, -0.2) is 0 Å². The summed E-state index contributed by atoms with van der Waals surface area (Å²) in [7, 11) is 0. The number of nitro groups is 1. The van der Waals surface area contributed by atoms with E-state index in [9.17, 15) is 10.1 Å². The predicted octanol–water partition coefficient (Wildman–Crippen LogP) is 2.46. The molecule has 0 fully saturated rings. The first-order valence-corrected chi connectivity index (χ1v) is 3.93. The normalized spacial score (nSPS) is 9.43. The van der Waals surface area contributed by atoms with E-state index in [0.717, 1.165) is 5.56 Å². The van der Waals surface area contributed by atoms with Crippen molar-refractivity contribution in [1.82, 2.24) is 0 Å². The van der Waals surface area contributed by atoms with Crippen LogP contribution < -0.4 is 5.73 Å². The maximum atomic E-state index is 10.6. The summed E-state index contributed by atoms with van der Waals surface area (Å²) in [6.07, 6.45) is 3.07. The van der Waals surface area contributed by atoms with Crippen LogP contribution in [0.15, 0.2) is 25.3 Å². The zero-order valence-electron chi connectivity index (χ0n) is 7.56. The molecule has 0 aliphatic rings. The monoisotopic (exact) mass is 190 g/mol. The van der Waals surface area contributed by atoms with E-state index in [1.54, 1.807) is 12.1 Å². The van der Waals surface area contributed by atoms with Gasteiger partial charge in [-0.05, 0) is 11.6 Å². The van der Waals surface area contributed by atoms with Crippen LogP contribution in [0.2, 0.25) is 0 Å². The van der Waals surface area contributed by atoms with Crippen LogP contribution in [0.4, 0.5) is 11.4 Å². The number of benzene rings is 1. The van der Waals surface area contributed by atoms with Crippen molar-refractivity contribution in [3.05, 3.63) is 46.5 Å². The summed E-state index contributed by atoms with van der Waals surface area (Å²) in [5.74, 6) is 0. The molecule has 4 heteroatoms. The van der Waals surface area contributed by atoms with Crippen molar-refractivity contribution in [2.45, 2.75) is 0 Å². The molecule has 0 atom stereocenters. The molecule has 1 rings (SSSR count). The Kier molecular flexibility index (Phi) is 2.67. The van der Waals surface area contributed by atoms with E-state index in [4.69, 9.17) is 5.73 Å². The molecule has 0 amide bonds. The van der Waals surface area contributed by atoms with Gasteiger partial charge >= 0.3 is 0 Å². The Morgan fingerprint density at radius 2 is 2.00 bits per heavy atom. The van der Waals surface area contributed by atoms with Crippen molar-refractivity contribution in [1.29, 1.82) is 0 Å². The van der Waals surface area contributed by atoms with Crippen molar-refractivity contribution in [3.8, 4) is 0 Å². The van der Waals surface area contributed by atoms with E-state index in [0.29, 0.717) is 5.56 Å². The van der Waals surface area contributed by atoms with Crippen molar-refractivity contribution in [2.24, 2.45) is 0 Å². The second-order valence-electron chi connectivity index (χ2n) is 2.67. The van der Waals surface area contributed by atoms with Gasteiger partial charge in [0.2, 0.25) is 0 Å². The molecule has 2 N–H and O–H groups in total. The smallest absolute Gasteiger partial charge is 0.292 e. The largest absolute Gasteiger partial charge is 0.393 e. The highest BCUT2D eigenvalue weighted by atomic mass is 16.6. The van der Waals surface area contributed by atoms with Gasteiger partial charge in [-0.1, -0.05) is 25.3 Å². The predicted molar refractivity (Wildman–Crippen MR) is 57.7 cm³/mol. The molecule has 0 aliphatic carbocycles. The van der Waals surface area contributed by atoms with E-state index >= 15 is 0 Å². The lowest BCUT2D eigenvalue weighted by molar-refractivity contribution is -0.383. The minimum atomic E-state index is -0.519. The highest BCUT2D eigenvalue weighted by Gasteiger charge is 2.14. The molecule has 0 spiro atoms. The molecule has 0 aromatic heterocycles. The van der Waals surface area contributed by atoms with Crippen LogP contribution in [0, 0.1) is 10.1 Å². The van der Waals surface area contributed by atoms with Crippen molar-refractivity contribution < 1.29 is 4.92 Å². The topological polar surface area (TPSA) is 69.2 Å². The number of hydrogen-bond donors (Lipinski definition) is 1. The van der Waals surface area contributed by atoms with Gasteiger partial charge in [-0.15, -0.1) is 0 Å². The SMILES string of the molecule is C=Cc1ccc([N+](=O)[O-])c(N)c1C=C. The molecular weight excluding hydrogens is 180 g/mol. The average molecular weight is 190 g/mol. The number of nitrogens with zero attached hydrogens (tertiary/aromatic N) is 1. The summed E-state index contributed by atoms with van der Waals surface area (Å²) < 4.78 is 0. The fraction of sp³-hybridized carbons (Fsp3) is 0. The Morgan fingerprint density at radius 1 is 1.36 bits per heavy atom. The van der Waals surface area contributed by atoms with Crippen molar-refractivity contribution in [2.75, 3.05) is 5.73 Å². The molecule has 0 heterocycles. The number of nitro benzene ring substituents is 1. The highest BCUT2D eigenvalue weighted by Crippen LogP contribution is 2.29. The van der Waals surface area contributed by atoms with Gasteiger partial charge in [0.1, 0.15) is 5.69 Å². The molecule has 0 saturated carbocycles. The number of nitrogen functional groups attached to an aromatic ring is 1. The van der Waals surface area contributed by atoms with Crippen LogP contribution in [0.3, 0.4) is 0 Å². The highest BCUT2D eigenvalue weighted by molar-refractivity contribution is 5.79. The Balaban J connectivity index is 3.49. The average Bonchev–Trinajstić information content (AvgIpc) is 2.16. The summed E-state index contributed by atoms with van der Waals surface area (Å²) in [6, 6.07) is 2.96. The van der Waals surface area contributed by atoms with E-state index in [1.165, 1.54) is 12.1 Å². The van der Waals surface area contributed by atoms with Gasteiger partial charge in [-0.3, -0.25) is 10.1 Å². The van der Waals surface area contributed by atoms with Crippen molar-refractivity contribution >= 4 is 23.5 Å². The standard InChI is InChI=1S/C10H10N2O2/c1-3-7-5-6-9(12(13)14)10(11)8(7)4-2/h3-6H,1-2,11H2. The lowest BCUT2D eigenvalue weighted by Gasteiger charge is -2.05. The first kappa shape index (κ1) is 9.98. The number of rotatable bonds is 3. The third-order valence-corrected chi connectivity index (χ3v) is 1.92. The molecule has 0 unspecified atom stereocenters. The first-order chi connectivity index (χ1) is 6.61. The minimum Gasteiger partial charge on any atom is -0.393 e. The molecule has 72 valence electrons. The van der Waals surface area contributed by atoms with Crippen LogP contribution >= 0.6 is 0 Å². The molecule has 0 aliphatic heterocycles. The fourth-order valence-corrected chi connectivity index (χ4v) is 1.21. The lowest BCUT2D eigenvalue weighted by Crippen LogP contribution is -1.99. The second-order valence-corrected chi connectivity index (χ2v) is 2.67. The lowest BCUT2D eigenvalue weighted by atomic mass is 10.0. The Hall–Kier alpha value is -2.10. The molecule has 0 radical (unpaired) electrons. The van der Waals surface area contributed by atoms with Crippen LogP contribution in [0.1, 0.15) is 11.1 Å². The summed E-state index contributed by atoms with van der Waals surface area (Å²) >= 11 is 0. The van der Waals surface area contributed by atoms with Crippen LogP contribution in [0.25, 0.3) is 12.2 Å². The summed E-state index contributed by atoms with van der Waals surface area (Å²) in [6.45, 7) is 7.13. The molecular formula is C10H10N2O2. The van der Waals surface area contributed by atoms with E-state index in [2.05, 4.69) is 13.2 Å². The summed E-state index contributed by atoms with van der Waals surface area (Å²) in [5.41, 5.74) is 6.92. The maximum Gasteiger partial charge on any atom is 0.292 e. The fourth-order valence-electron chi connectivity index (χ4n) is 1.21. The van der Waals surface area contributed by atoms with Gasteiger partial charge in [0.25, 0.3) is 5.69 Å². The van der Waals surface area contributed by atoms with Gasteiger partial charge < -0.3 is 5.73 Å². The summed E-state index contributed by atoms with van der Waals surface area (Å²) in [5, 5.41) is 10.6. The zero-order chi connectivity index (χ0) is 10.7. The van der Waals surface area contributed by atoms with Crippen LogP contribution in [0.5, 0.6) is 0 Å². The van der Waals surface area contributed by atoms with Crippen LogP contribution in [-0.4, -0.2) is 4.92 Å². The van der Waals surface area contributed by atoms with Gasteiger partial charge in [0, 0.05) is 11.6 Å². The molecule has 14 heavy (non-hydrogen) atoms. The van der Waals surface area contributed by atoms with Crippen LogP contribution in [-0.2, 0) is 0 Å². The van der Waals surface area contributed by atoms with Crippen molar-refractivity contribution in [3.63, 3.8) is 0 Å². The second kappa shape index (κ2) is 3.74. The summed E-state index contributed by atoms with van der Waals surface area (Å²) in [4.78, 5) is 10.0. The third kappa shape index (κ3) is 1.50. The molecule has 4 nitrogen and oxygen atoms in total. The maximum absolute atomic E-state index is 10.6. The Bertz CT molecular complexity index is 411. The van der Waals surface area contributed by atoms with Gasteiger partial charge in [-0.2, -0.15) is 0 Å².